The fourth-order valence-corrected chi connectivity index (χ4v) is 5.12. The van der Waals surface area contributed by atoms with E-state index in [0.29, 0.717) is 45.0 Å². The lowest BCUT2D eigenvalue weighted by Gasteiger charge is -2.21. The van der Waals surface area contributed by atoms with Gasteiger partial charge in [0.25, 0.3) is 0 Å². The van der Waals surface area contributed by atoms with Crippen molar-refractivity contribution < 1.29 is 20.8 Å². The first kappa shape index (κ1) is 43.1. The van der Waals surface area contributed by atoms with Gasteiger partial charge in [0.1, 0.15) is 0 Å². The molecule has 0 bridgehead atoms. The van der Waals surface area contributed by atoms with Crippen LogP contribution in [0.4, 0.5) is 0 Å². The zero-order valence-electron chi connectivity index (χ0n) is 33.0. The first-order valence-electron chi connectivity index (χ1n) is 18.7. The Morgan fingerprint density at radius 1 is 0.643 bits per heavy atom. The second-order valence-corrected chi connectivity index (χ2v) is 12.0. The van der Waals surface area contributed by atoms with Crippen molar-refractivity contribution in [3.63, 3.8) is 0 Å². The number of aliphatic hydroxyl groups is 1. The fourth-order valence-electron chi connectivity index (χ4n) is 5.12. The smallest absolute Gasteiger partial charge is 0.302 e. The molecule has 6 aromatic rings. The number of pyridine rings is 6. The van der Waals surface area contributed by atoms with Gasteiger partial charge in [0.2, 0.25) is 0 Å². The van der Waals surface area contributed by atoms with Crippen LogP contribution in [0.25, 0.3) is 0 Å². The van der Waals surface area contributed by atoms with Crippen LogP contribution in [0.1, 0.15) is 65.3 Å². The normalized spacial score (nSPS) is 10.4. The molecule has 292 valence electrons. The number of hydrogen-bond acceptors (Lipinski definition) is 12. The van der Waals surface area contributed by atoms with E-state index in [9.17, 15) is 9.59 Å². The molecule has 0 spiro atoms. The summed E-state index contributed by atoms with van der Waals surface area (Å²) in [5.41, 5.74) is 7.29. The first-order valence-corrected chi connectivity index (χ1v) is 18.8. The van der Waals surface area contributed by atoms with Crippen LogP contribution >= 0.6 is 9.24 Å². The number of aliphatic hydroxyl groups excluding tert-OH is 1. The average molecular weight is 776 g/mol. The standard InChI is InChI=1S/C19H20N4O.C19H18N4O.C4H8O2.CH5P/c2*24-15-16-7-8-19(22-11-16)14-23(12-17-5-1-3-9-20-17)13-18-6-2-4-10-21-18;1-3-6-4(2)5;1-2/h1-11,24H,12-15H2;1-11,15H,12-14H2;3H2,1-2H3;2H2,1H3/i;;;1D. The number of esters is 1. The summed E-state index contributed by atoms with van der Waals surface area (Å²) in [5, 5.41) is 9.13. The topological polar surface area (TPSA) is 147 Å². The van der Waals surface area contributed by atoms with Gasteiger partial charge in [0.05, 0.1) is 47.4 Å². The highest BCUT2D eigenvalue weighted by molar-refractivity contribution is 7.15. The Labute approximate surface area is 333 Å². The zero-order valence-corrected chi connectivity index (χ0v) is 33.1. The summed E-state index contributed by atoms with van der Waals surface area (Å²) in [6.07, 6.45) is 11.3. The number of nitrogens with zero attached hydrogens (tertiary/aromatic N) is 8. The molecule has 0 aliphatic carbocycles. The Balaban J connectivity index is 0.000000252. The molecule has 1 atom stereocenters. The molecule has 0 radical (unpaired) electrons. The summed E-state index contributed by atoms with van der Waals surface area (Å²) in [6, 6.07) is 31.2. The van der Waals surface area contributed by atoms with Gasteiger partial charge >= 0.3 is 5.97 Å². The highest BCUT2D eigenvalue weighted by Crippen LogP contribution is 2.13. The molecule has 56 heavy (non-hydrogen) atoms. The number of aldehydes is 1. The molecule has 0 saturated carbocycles. The van der Waals surface area contributed by atoms with E-state index >= 15 is 0 Å². The van der Waals surface area contributed by atoms with Gasteiger partial charge in [-0.15, -0.1) is 9.24 Å². The summed E-state index contributed by atoms with van der Waals surface area (Å²) in [7, 11) is 2.25. The van der Waals surface area contributed by atoms with Crippen LogP contribution in [-0.4, -0.2) is 70.3 Å². The lowest BCUT2D eigenvalue weighted by molar-refractivity contribution is -0.140. The number of carbonyl (C=O) groups excluding carboxylic acids is 2. The summed E-state index contributed by atoms with van der Waals surface area (Å²) >= 11 is 0. The minimum atomic E-state index is -0.211. The minimum Gasteiger partial charge on any atom is -0.466 e. The van der Waals surface area contributed by atoms with Crippen LogP contribution in [0, 0.1) is 0 Å². The van der Waals surface area contributed by atoms with Crippen molar-refractivity contribution in [3.05, 3.63) is 180 Å². The second kappa shape index (κ2) is 27.0. The average Bonchev–Trinajstić information content (AvgIpc) is 3.24. The van der Waals surface area contributed by atoms with Gasteiger partial charge in [-0.2, -0.15) is 0 Å². The van der Waals surface area contributed by atoms with Crippen molar-refractivity contribution in [2.24, 2.45) is 0 Å². The third-order valence-electron chi connectivity index (χ3n) is 7.62. The lowest BCUT2D eigenvalue weighted by atomic mass is 10.2. The number of rotatable bonds is 15. The highest BCUT2D eigenvalue weighted by Gasteiger charge is 2.12. The molecule has 0 aliphatic rings. The molecule has 0 fully saturated rings. The molecular formula is C43H51N8O4P. The van der Waals surface area contributed by atoms with E-state index in [-0.39, 0.29) is 12.6 Å². The van der Waals surface area contributed by atoms with Crippen LogP contribution in [0.15, 0.2) is 134 Å². The van der Waals surface area contributed by atoms with Gasteiger partial charge in [0.15, 0.2) is 6.29 Å². The van der Waals surface area contributed by atoms with Crippen LogP contribution in [0.3, 0.4) is 0 Å². The molecule has 1 unspecified atom stereocenters. The van der Waals surface area contributed by atoms with E-state index in [4.69, 9.17) is 6.48 Å². The zero-order chi connectivity index (χ0) is 40.9. The van der Waals surface area contributed by atoms with Crippen LogP contribution in [0.5, 0.6) is 0 Å². The maximum Gasteiger partial charge on any atom is 0.302 e. The Morgan fingerprint density at radius 3 is 1.25 bits per heavy atom. The quantitative estimate of drug-likeness (QED) is 0.0689. The lowest BCUT2D eigenvalue weighted by Crippen LogP contribution is -2.24. The molecule has 0 saturated heterocycles. The number of hydrogen-bond donors (Lipinski definition) is 1. The van der Waals surface area contributed by atoms with Gasteiger partial charge in [-0.05, 0) is 79.2 Å². The maximum atomic E-state index is 10.8. The summed E-state index contributed by atoms with van der Waals surface area (Å²) in [5.74, 6) is -0.211. The Kier molecular flexibility index (Phi) is 20.8. The van der Waals surface area contributed by atoms with Crippen molar-refractivity contribution >= 4 is 21.5 Å². The molecule has 6 aromatic heterocycles. The van der Waals surface area contributed by atoms with E-state index in [1.807, 2.05) is 103 Å². The molecule has 0 amide bonds. The summed E-state index contributed by atoms with van der Waals surface area (Å²) < 4.78 is 10.6. The summed E-state index contributed by atoms with van der Waals surface area (Å²) in [4.78, 5) is 51.5. The van der Waals surface area contributed by atoms with Crippen molar-refractivity contribution in [1.82, 2.24) is 39.7 Å². The fraction of sp³-hybridized carbons (Fsp3) is 0.256. The Morgan fingerprint density at radius 2 is 1.02 bits per heavy atom. The first-order chi connectivity index (χ1) is 27.8. The third-order valence-corrected chi connectivity index (χ3v) is 7.62. The molecule has 13 heteroatoms. The molecule has 6 rings (SSSR count). The van der Waals surface area contributed by atoms with Crippen molar-refractivity contribution in [1.29, 1.82) is 0 Å². The molecule has 0 aliphatic heterocycles. The van der Waals surface area contributed by atoms with Crippen molar-refractivity contribution in [2.45, 2.75) is 59.7 Å². The largest absolute Gasteiger partial charge is 0.466 e. The van der Waals surface area contributed by atoms with Crippen molar-refractivity contribution in [2.75, 3.05) is 13.2 Å². The minimum absolute atomic E-state index is 0.0128. The number of ether oxygens (including phenoxy) is 1. The highest BCUT2D eigenvalue weighted by atomic mass is 31.0. The van der Waals surface area contributed by atoms with Crippen molar-refractivity contribution in [3.8, 4) is 0 Å². The van der Waals surface area contributed by atoms with E-state index in [2.05, 4.69) is 53.7 Å². The van der Waals surface area contributed by atoms with Gasteiger partial charge in [-0.25, -0.2) is 0 Å². The van der Waals surface area contributed by atoms with E-state index < -0.39 is 0 Å². The predicted octanol–water partition coefficient (Wildman–Crippen LogP) is 6.51. The molecule has 1 N–H and O–H groups in total. The van der Waals surface area contributed by atoms with Gasteiger partial charge < -0.3 is 9.84 Å². The molecule has 6 heterocycles. The van der Waals surface area contributed by atoms with Gasteiger partial charge in [-0.3, -0.25) is 49.3 Å². The number of carbonyl (C=O) groups is 2. The Bertz CT molecular complexity index is 1850. The van der Waals surface area contributed by atoms with Crippen LogP contribution < -0.4 is 0 Å². The third kappa shape index (κ3) is 18.1. The van der Waals surface area contributed by atoms with Crippen LogP contribution in [0.2, 0.25) is 0 Å². The predicted molar refractivity (Wildman–Crippen MR) is 221 cm³/mol. The van der Waals surface area contributed by atoms with E-state index in [0.717, 1.165) is 59.1 Å². The Hall–Kier alpha value is -5.65. The number of aromatic nitrogens is 6. The second-order valence-electron chi connectivity index (χ2n) is 12.0. The van der Waals surface area contributed by atoms with Gasteiger partial charge in [0, 0.05) is 90.3 Å². The maximum absolute atomic E-state index is 10.8. The molecule has 12 nitrogen and oxygen atoms in total. The SMILES string of the molecule is CCOC(C)=O.O=Cc1ccc(CN(Cc2ccccn2)Cc2ccccn2)nc1.OCc1ccc(CN(Cc2ccccn2)Cc2ccccn2)nc1.[2H]CP. The monoisotopic (exact) mass is 775 g/mol. The molecular weight excluding hydrogens is 723 g/mol. The summed E-state index contributed by atoms with van der Waals surface area (Å²) in [6.45, 7) is 8.29. The van der Waals surface area contributed by atoms with Gasteiger partial charge in [-0.1, -0.05) is 37.0 Å². The van der Waals surface area contributed by atoms with E-state index in [1.54, 1.807) is 37.8 Å². The molecule has 0 aromatic carbocycles. The van der Waals surface area contributed by atoms with E-state index in [1.165, 1.54) is 6.92 Å². The van der Waals surface area contributed by atoms with Crippen LogP contribution in [-0.2, 0) is 55.4 Å².